The van der Waals surface area contributed by atoms with Crippen molar-refractivity contribution in [1.29, 1.82) is 0 Å². The maximum atomic E-state index is 15.9. The van der Waals surface area contributed by atoms with E-state index in [1.807, 2.05) is 0 Å². The van der Waals surface area contributed by atoms with E-state index in [0.29, 0.717) is 0 Å². The lowest BCUT2D eigenvalue weighted by molar-refractivity contribution is -0.0439. The van der Waals surface area contributed by atoms with Crippen molar-refractivity contribution in [2.24, 2.45) is 0 Å². The maximum absolute atomic E-state index is 15.9. The number of imidazole rings is 2. The highest BCUT2D eigenvalue weighted by Gasteiger charge is 2.51. The molecule has 0 unspecified atom stereocenters. The van der Waals surface area contributed by atoms with Gasteiger partial charge in [-0.15, -0.1) is 0 Å². The Kier molecular flexibility index (Phi) is 7.13. The monoisotopic (exact) mass is 676 g/mol. The molecule has 8 atom stereocenters. The minimum absolute atomic E-state index is 0.00757. The number of hydrogen-bond donors (Lipinski definition) is 5. The maximum Gasteiger partial charge on any atom is 0.386 e. The van der Waals surface area contributed by atoms with Gasteiger partial charge in [0.25, 0.3) is 11.1 Å². The first-order chi connectivity index (χ1) is 20.9. The van der Waals surface area contributed by atoms with Crippen molar-refractivity contribution in [2.45, 2.75) is 49.5 Å². The summed E-state index contributed by atoms with van der Waals surface area (Å²) in [5.41, 5.74) is 4.26. The highest BCUT2D eigenvalue weighted by atomic mass is 32.7. The van der Waals surface area contributed by atoms with Gasteiger partial charge in [0.15, 0.2) is 41.0 Å². The van der Waals surface area contributed by atoms with E-state index < -0.39 is 84.4 Å². The summed E-state index contributed by atoms with van der Waals surface area (Å²) in [5, 5.41) is 0. The van der Waals surface area contributed by atoms with E-state index in [1.54, 1.807) is 0 Å². The van der Waals surface area contributed by atoms with Gasteiger partial charge in [-0.2, -0.15) is 18.1 Å². The van der Waals surface area contributed by atoms with Gasteiger partial charge in [0.2, 0.25) is 5.95 Å². The summed E-state index contributed by atoms with van der Waals surface area (Å²) in [6, 6.07) is 0. The minimum Gasteiger partial charge on any atom is -0.369 e. The largest absolute Gasteiger partial charge is 0.386 e. The van der Waals surface area contributed by atoms with Crippen LogP contribution in [0.15, 0.2) is 28.6 Å². The molecule has 20 nitrogen and oxygen atoms in total. The van der Waals surface area contributed by atoms with Crippen molar-refractivity contribution in [3.63, 3.8) is 0 Å². The lowest BCUT2D eigenvalue weighted by Gasteiger charge is -2.24. The summed E-state index contributed by atoms with van der Waals surface area (Å²) in [4.78, 5) is 45.0. The van der Waals surface area contributed by atoms with Crippen LogP contribution >= 0.6 is 19.0 Å². The van der Waals surface area contributed by atoms with Crippen molar-refractivity contribution >= 4 is 57.6 Å². The number of rotatable bonds is 2. The lowest BCUT2D eigenvalue weighted by Crippen LogP contribution is -2.41. The Morgan fingerprint density at radius 1 is 1.05 bits per heavy atom. The molecule has 44 heavy (non-hydrogen) atoms. The molecule has 5 N–H and O–H groups in total. The average molecular weight is 677 g/mol. The number of alkyl halides is 1. The highest BCUT2D eigenvalue weighted by Crippen LogP contribution is 2.57. The number of hydrogen-bond acceptors (Lipinski definition) is 15. The van der Waals surface area contributed by atoms with Crippen LogP contribution < -0.4 is 21.6 Å². The Bertz CT molecular complexity index is 2040. The predicted molar refractivity (Wildman–Crippen MR) is 147 cm³/mol. The molecule has 0 saturated carbocycles. The van der Waals surface area contributed by atoms with E-state index >= 15 is 4.39 Å². The van der Waals surface area contributed by atoms with Crippen molar-refractivity contribution in [2.75, 3.05) is 18.9 Å². The molecule has 4 aromatic heterocycles. The van der Waals surface area contributed by atoms with Gasteiger partial charge in [0.05, 0.1) is 31.7 Å². The van der Waals surface area contributed by atoms with Gasteiger partial charge in [-0.05, 0) is 0 Å². The van der Waals surface area contributed by atoms with E-state index in [9.17, 15) is 22.6 Å². The summed E-state index contributed by atoms with van der Waals surface area (Å²) >= 11 is 4.00. The van der Waals surface area contributed by atoms with Crippen molar-refractivity contribution in [1.82, 2.24) is 43.8 Å². The van der Waals surface area contributed by atoms with Crippen LogP contribution in [0.5, 0.6) is 0 Å². The Morgan fingerprint density at radius 2 is 1.77 bits per heavy atom. The molecule has 0 radical (unpaired) electrons. The number of aromatic nitrogens is 8. The summed E-state index contributed by atoms with van der Waals surface area (Å²) in [5.74, 6) is -0.217. The first-order valence-corrected chi connectivity index (χ1v) is 16.9. The third-order valence-electron chi connectivity index (χ3n) is 7.17. The Labute approximate surface area is 249 Å². The van der Waals surface area contributed by atoms with Gasteiger partial charge in [-0.3, -0.25) is 32.8 Å². The molecule has 7 heterocycles. The van der Waals surface area contributed by atoms with Gasteiger partial charge in [-0.25, -0.2) is 28.1 Å². The molecular weight excluding hydrogens is 654 g/mol. The SMILES string of the molecule is Nc1nc2c(ncn2[C@@H]2O[C@@H]3CO[P@@](=O)(S)O[C@H]4[C@@H](F)[C@H](n5cnc6c(=O)[nH]cnc65)O[C@@H]4CNS(=O)(=O)O[C@@H]2C3)c(=O)[nH]1. The van der Waals surface area contributed by atoms with E-state index in [2.05, 4.69) is 46.9 Å². The molecule has 3 fully saturated rings. The number of nitrogens with one attached hydrogen (secondary N) is 3. The van der Waals surface area contributed by atoms with Crippen LogP contribution in [0, 0.1) is 0 Å². The third kappa shape index (κ3) is 5.22. The van der Waals surface area contributed by atoms with Crippen LogP contribution in [0.1, 0.15) is 18.9 Å². The second-order valence-electron chi connectivity index (χ2n) is 10.00. The van der Waals surface area contributed by atoms with Crippen molar-refractivity contribution in [3.05, 3.63) is 39.7 Å². The molecule has 3 aliphatic rings. The number of aromatic amines is 2. The summed E-state index contributed by atoms with van der Waals surface area (Å²) in [6.45, 7) is -5.38. The second kappa shape index (κ2) is 10.7. The first-order valence-electron chi connectivity index (χ1n) is 12.8. The van der Waals surface area contributed by atoms with Crippen LogP contribution in [-0.2, 0) is 37.6 Å². The zero-order chi connectivity index (χ0) is 31.0. The fourth-order valence-electron chi connectivity index (χ4n) is 5.28. The minimum atomic E-state index is -4.59. The van der Waals surface area contributed by atoms with Gasteiger partial charge >= 0.3 is 17.1 Å². The number of H-pyrrole nitrogens is 2. The lowest BCUT2D eigenvalue weighted by atomic mass is 10.1. The molecule has 7 rings (SSSR count). The number of nitrogen functional groups attached to an aromatic ring is 1. The van der Waals surface area contributed by atoms with E-state index in [0.717, 1.165) is 17.2 Å². The van der Waals surface area contributed by atoms with E-state index in [4.69, 9.17) is 28.4 Å². The topological polar surface area (TPSA) is 263 Å². The zero-order valence-electron chi connectivity index (χ0n) is 21.9. The Hall–Kier alpha value is -3.28. The number of anilines is 1. The molecule has 3 saturated heterocycles. The van der Waals surface area contributed by atoms with Gasteiger partial charge in [-0.1, -0.05) is 12.2 Å². The van der Waals surface area contributed by atoms with Crippen molar-refractivity contribution in [3.8, 4) is 0 Å². The van der Waals surface area contributed by atoms with Crippen molar-refractivity contribution < 1.29 is 40.1 Å². The molecule has 24 heteroatoms. The standard InChI is InChI=1S/C20H22FN10O10PS2/c21-10-13-9(39-19(10)30-5-25-11-14(30)23-4-24-16(11)32)2-27-44(35,36)41-8-1-7(3-37-42(34,43)40-13)38-18(8)31-6-26-12-15(31)28-20(22)29-17(12)33/h4-10,13,18-19,27H,1-3H2,(H,34,43)(H,23,24,32)(H3,22,28,29,33)/t7-,8+,9+,10+,13+,18+,19+,42+/m0/s1. The number of nitrogens with two attached hydrogens (primary N) is 1. The quantitative estimate of drug-likeness (QED) is 0.126. The Morgan fingerprint density at radius 3 is 2.55 bits per heavy atom. The average Bonchev–Trinajstić information content (AvgIpc) is 3.72. The number of halogens is 1. The predicted octanol–water partition coefficient (Wildman–Crippen LogP) is -0.969. The van der Waals surface area contributed by atoms with Crippen LogP contribution in [0.4, 0.5) is 10.3 Å². The molecule has 0 aromatic carbocycles. The summed E-state index contributed by atoms with van der Waals surface area (Å²) in [7, 11) is -4.59. The first kappa shape index (κ1) is 29.4. The molecule has 0 amide bonds. The normalized spacial score (nSPS) is 34.4. The van der Waals surface area contributed by atoms with E-state index in [1.165, 1.54) is 10.9 Å². The summed E-state index contributed by atoms with van der Waals surface area (Å²) < 4.78 is 88.0. The fraction of sp³-hybridized carbons (Fsp3) is 0.500. The smallest absolute Gasteiger partial charge is 0.369 e. The molecule has 4 aromatic rings. The number of thiol groups is 1. The second-order valence-corrected chi connectivity index (χ2v) is 14.3. The molecule has 0 aliphatic carbocycles. The van der Waals surface area contributed by atoms with Gasteiger partial charge in [0.1, 0.15) is 18.3 Å². The molecule has 2 bridgehead atoms. The zero-order valence-corrected chi connectivity index (χ0v) is 24.5. The van der Waals surface area contributed by atoms with E-state index in [-0.39, 0.29) is 34.7 Å². The number of nitrogens with zero attached hydrogens (tertiary/aromatic N) is 6. The number of fused-ring (bicyclic) bond motifs is 5. The van der Waals surface area contributed by atoms with Crippen LogP contribution in [0.25, 0.3) is 22.3 Å². The molecule has 0 spiro atoms. The number of ether oxygens (including phenoxy) is 2. The fourth-order valence-corrected chi connectivity index (χ4v) is 7.72. The Balaban J connectivity index is 1.19. The highest BCUT2D eigenvalue weighted by molar-refractivity contribution is 8.44. The van der Waals surface area contributed by atoms with Gasteiger partial charge < -0.3 is 20.2 Å². The van der Waals surface area contributed by atoms with Crippen LogP contribution in [0.2, 0.25) is 0 Å². The molecule has 236 valence electrons. The van der Waals surface area contributed by atoms with Crippen LogP contribution in [-0.4, -0.2) is 91.2 Å². The third-order valence-corrected chi connectivity index (χ3v) is 9.80. The summed E-state index contributed by atoms with van der Waals surface area (Å²) in [6.07, 6.45) is -6.71. The van der Waals surface area contributed by atoms with Gasteiger partial charge in [0, 0.05) is 13.0 Å². The molecule has 3 aliphatic heterocycles. The molecular formula is C20H22FN10O10PS2. The van der Waals surface area contributed by atoms with Crippen LogP contribution in [0.3, 0.4) is 0 Å².